The topological polar surface area (TPSA) is 87.5 Å². The first-order valence-electron chi connectivity index (χ1n) is 11.6. The minimum atomic E-state index is -0.519. The third-order valence-corrected chi connectivity index (χ3v) is 6.71. The number of benzene rings is 2. The summed E-state index contributed by atoms with van der Waals surface area (Å²) in [6, 6.07) is 15.3. The van der Waals surface area contributed by atoms with Crippen molar-refractivity contribution in [3.63, 3.8) is 0 Å². The van der Waals surface area contributed by atoms with Gasteiger partial charge in [0.1, 0.15) is 6.04 Å². The summed E-state index contributed by atoms with van der Waals surface area (Å²) in [7, 11) is 2.98. The molecule has 0 saturated heterocycles. The molecule has 0 aliphatic carbocycles. The van der Waals surface area contributed by atoms with Crippen molar-refractivity contribution in [1.82, 2.24) is 14.8 Å². The molecule has 0 amide bonds. The van der Waals surface area contributed by atoms with Gasteiger partial charge in [0, 0.05) is 17.9 Å². The molecular weight excluding hydrogens is 464 g/mol. The molecule has 0 spiro atoms. The van der Waals surface area contributed by atoms with E-state index >= 15 is 0 Å². The van der Waals surface area contributed by atoms with Crippen molar-refractivity contribution in [2.45, 2.75) is 37.9 Å². The number of hydrogen-bond acceptors (Lipinski definition) is 8. The van der Waals surface area contributed by atoms with E-state index in [1.807, 2.05) is 43.3 Å². The van der Waals surface area contributed by atoms with Crippen molar-refractivity contribution in [2.75, 3.05) is 31.9 Å². The van der Waals surface area contributed by atoms with Crippen LogP contribution in [0.4, 0.5) is 5.95 Å². The van der Waals surface area contributed by atoms with Gasteiger partial charge in [-0.1, -0.05) is 55.1 Å². The summed E-state index contributed by atoms with van der Waals surface area (Å²) in [5, 5.41) is 8.56. The molecule has 2 heterocycles. The van der Waals surface area contributed by atoms with E-state index in [1.54, 1.807) is 23.6 Å². The summed E-state index contributed by atoms with van der Waals surface area (Å²) in [6.07, 6.45) is 1.80. The quantitative estimate of drug-likeness (QED) is 0.315. The number of fused-ring (bicyclic) bond motifs is 1. The number of nitrogens with one attached hydrogen (secondary N) is 1. The monoisotopic (exact) mass is 494 g/mol. The Morgan fingerprint density at radius 2 is 1.94 bits per heavy atom. The van der Waals surface area contributed by atoms with E-state index in [-0.39, 0.29) is 0 Å². The Morgan fingerprint density at radius 3 is 2.66 bits per heavy atom. The summed E-state index contributed by atoms with van der Waals surface area (Å²) in [6.45, 7) is 4.47. The van der Waals surface area contributed by atoms with Crippen LogP contribution in [0, 0.1) is 0 Å². The largest absolute Gasteiger partial charge is 0.493 e. The van der Waals surface area contributed by atoms with Gasteiger partial charge < -0.3 is 19.5 Å². The van der Waals surface area contributed by atoms with Gasteiger partial charge in [0.15, 0.2) is 11.5 Å². The molecule has 1 atom stereocenters. The number of rotatable bonds is 10. The molecule has 3 aromatic rings. The van der Waals surface area contributed by atoms with Gasteiger partial charge >= 0.3 is 5.97 Å². The lowest BCUT2D eigenvalue weighted by molar-refractivity contribution is -0.136. The number of ether oxygens (including phenoxy) is 3. The Hall–Kier alpha value is -3.46. The van der Waals surface area contributed by atoms with Crippen LogP contribution in [0.15, 0.2) is 65.0 Å². The Bertz CT molecular complexity index is 1210. The van der Waals surface area contributed by atoms with Crippen LogP contribution in [0.2, 0.25) is 0 Å². The molecule has 2 aromatic carbocycles. The van der Waals surface area contributed by atoms with E-state index in [9.17, 15) is 4.79 Å². The predicted octanol–water partition coefficient (Wildman–Crippen LogP) is 4.87. The van der Waals surface area contributed by atoms with Crippen LogP contribution in [0.5, 0.6) is 11.5 Å². The smallest absolute Gasteiger partial charge is 0.338 e. The third kappa shape index (κ3) is 5.45. The first kappa shape index (κ1) is 24.7. The number of allylic oxidation sites excluding steroid dienone is 1. The zero-order valence-corrected chi connectivity index (χ0v) is 21.2. The third-order valence-electron chi connectivity index (χ3n) is 5.67. The Labute approximate surface area is 209 Å². The highest BCUT2D eigenvalue weighted by atomic mass is 32.2. The number of nitrogens with zero attached hydrogens (tertiary/aromatic N) is 3. The minimum Gasteiger partial charge on any atom is -0.493 e. The summed E-state index contributed by atoms with van der Waals surface area (Å²) >= 11 is 1.58. The van der Waals surface area contributed by atoms with Gasteiger partial charge in [-0.05, 0) is 36.6 Å². The first-order valence-corrected chi connectivity index (χ1v) is 12.5. The molecule has 0 bridgehead atoms. The van der Waals surface area contributed by atoms with Crippen LogP contribution < -0.4 is 14.8 Å². The van der Waals surface area contributed by atoms with Crippen molar-refractivity contribution in [3.05, 3.63) is 70.9 Å². The predicted molar refractivity (Wildman–Crippen MR) is 136 cm³/mol. The summed E-state index contributed by atoms with van der Waals surface area (Å²) in [5.74, 6) is 2.29. The average molecular weight is 495 g/mol. The molecule has 1 aliphatic heterocycles. The first-order chi connectivity index (χ1) is 17.0. The molecule has 1 N–H and O–H groups in total. The number of esters is 1. The van der Waals surface area contributed by atoms with Gasteiger partial charge in [-0.2, -0.15) is 4.98 Å². The van der Waals surface area contributed by atoms with E-state index in [0.29, 0.717) is 40.5 Å². The average Bonchev–Trinajstić information content (AvgIpc) is 3.29. The minimum absolute atomic E-state index is 0.425. The van der Waals surface area contributed by atoms with Gasteiger partial charge in [-0.15, -0.1) is 5.10 Å². The zero-order chi connectivity index (χ0) is 24.8. The number of hydrogen-bond donors (Lipinski definition) is 1. The highest BCUT2D eigenvalue weighted by molar-refractivity contribution is 7.99. The molecule has 0 fully saturated rings. The number of carbonyl (C=O) groups is 1. The lowest BCUT2D eigenvalue weighted by Crippen LogP contribution is -2.29. The molecule has 35 heavy (non-hydrogen) atoms. The summed E-state index contributed by atoms with van der Waals surface area (Å²) in [4.78, 5) is 17.4. The van der Waals surface area contributed by atoms with Crippen LogP contribution in [-0.2, 0) is 16.0 Å². The number of methoxy groups -OCH3 is 2. The van der Waals surface area contributed by atoms with Crippen molar-refractivity contribution in [3.8, 4) is 11.5 Å². The number of aromatic nitrogens is 3. The molecule has 1 unspecified atom stereocenters. The Kier molecular flexibility index (Phi) is 7.97. The van der Waals surface area contributed by atoms with Gasteiger partial charge in [0.2, 0.25) is 11.1 Å². The van der Waals surface area contributed by atoms with Gasteiger partial charge in [0.25, 0.3) is 0 Å². The van der Waals surface area contributed by atoms with Crippen molar-refractivity contribution in [1.29, 1.82) is 0 Å². The molecule has 9 heteroatoms. The molecule has 184 valence electrons. The van der Waals surface area contributed by atoms with Crippen LogP contribution in [0.3, 0.4) is 0 Å². The molecule has 0 saturated carbocycles. The maximum atomic E-state index is 12.8. The summed E-state index contributed by atoms with van der Waals surface area (Å²) < 4.78 is 18.5. The number of carbonyl (C=O) groups excluding carboxylic acids is 1. The zero-order valence-electron chi connectivity index (χ0n) is 20.4. The molecule has 8 nitrogen and oxygen atoms in total. The lowest BCUT2D eigenvalue weighted by atomic mass is 9.95. The fraction of sp³-hybridized carbons (Fsp3) is 0.346. The molecule has 1 aromatic heterocycles. The van der Waals surface area contributed by atoms with Crippen molar-refractivity contribution >= 4 is 23.7 Å². The van der Waals surface area contributed by atoms with E-state index in [1.165, 1.54) is 12.7 Å². The SMILES string of the molecule is CCCSc1nc2n(n1)C(c1ccc(OCCc3ccccc3)c(OC)c1)C(C(=O)OC)=C(C)N2. The highest BCUT2D eigenvalue weighted by Gasteiger charge is 2.35. The van der Waals surface area contributed by atoms with Gasteiger partial charge in [-0.3, -0.25) is 0 Å². The fourth-order valence-corrected chi connectivity index (χ4v) is 4.65. The maximum Gasteiger partial charge on any atom is 0.338 e. The van der Waals surface area contributed by atoms with Gasteiger partial charge in [-0.25, -0.2) is 9.48 Å². The van der Waals surface area contributed by atoms with E-state index < -0.39 is 12.0 Å². The Balaban J connectivity index is 1.65. The fourth-order valence-electron chi connectivity index (χ4n) is 3.97. The van der Waals surface area contributed by atoms with Gasteiger partial charge in [0.05, 0.1) is 26.4 Å². The van der Waals surface area contributed by atoms with Crippen LogP contribution >= 0.6 is 11.8 Å². The van der Waals surface area contributed by atoms with E-state index in [2.05, 4.69) is 29.4 Å². The van der Waals surface area contributed by atoms with Crippen molar-refractivity contribution in [2.24, 2.45) is 0 Å². The maximum absolute atomic E-state index is 12.8. The number of thioether (sulfide) groups is 1. The standard InChI is InChI=1S/C26H30N4O4S/c1-5-15-35-26-28-25-27-17(2)22(24(31)33-4)23(30(25)29-26)19-11-12-20(21(16-19)32-3)34-14-13-18-9-7-6-8-10-18/h6-12,16,23H,5,13-15H2,1-4H3,(H,27,28,29). The second-order valence-electron chi connectivity index (χ2n) is 8.06. The second-order valence-corrected chi connectivity index (χ2v) is 9.13. The van der Waals surface area contributed by atoms with E-state index in [0.717, 1.165) is 24.2 Å². The molecule has 4 rings (SSSR count). The van der Waals surface area contributed by atoms with Crippen molar-refractivity contribution < 1.29 is 19.0 Å². The van der Waals surface area contributed by atoms with Crippen LogP contribution in [0.1, 0.15) is 37.4 Å². The molecule has 1 aliphatic rings. The highest BCUT2D eigenvalue weighted by Crippen LogP contribution is 2.39. The molecular formula is C26H30N4O4S. The Morgan fingerprint density at radius 1 is 1.14 bits per heavy atom. The second kappa shape index (κ2) is 11.3. The normalized spacial score (nSPS) is 14.8. The summed E-state index contributed by atoms with van der Waals surface area (Å²) in [5.41, 5.74) is 3.17. The lowest BCUT2D eigenvalue weighted by Gasteiger charge is -2.28. The van der Waals surface area contributed by atoms with Crippen LogP contribution in [0.25, 0.3) is 0 Å². The number of anilines is 1. The van der Waals surface area contributed by atoms with E-state index in [4.69, 9.17) is 19.3 Å². The molecule has 0 radical (unpaired) electrons. The van der Waals surface area contributed by atoms with Crippen LogP contribution in [-0.4, -0.2) is 47.3 Å².